The minimum atomic E-state index is -0.0739. The van der Waals surface area contributed by atoms with Gasteiger partial charge in [-0.15, -0.1) is 11.8 Å². The second kappa shape index (κ2) is 7.67. The van der Waals surface area contributed by atoms with E-state index in [9.17, 15) is 4.79 Å². The molecule has 1 amide bonds. The highest BCUT2D eigenvalue weighted by Gasteiger charge is 2.22. The third-order valence-corrected chi connectivity index (χ3v) is 5.46. The number of carbonyl (C=O) groups excluding carboxylic acids is 1. The van der Waals surface area contributed by atoms with Gasteiger partial charge in [0.25, 0.3) is 5.91 Å². The third-order valence-electron chi connectivity index (χ3n) is 4.34. The van der Waals surface area contributed by atoms with Gasteiger partial charge in [-0.2, -0.15) is 0 Å². The third kappa shape index (κ3) is 3.75. The van der Waals surface area contributed by atoms with Gasteiger partial charge in [0.1, 0.15) is 11.5 Å². The van der Waals surface area contributed by atoms with Gasteiger partial charge in [0.2, 0.25) is 0 Å². The van der Waals surface area contributed by atoms with Crippen molar-refractivity contribution in [2.75, 3.05) is 5.75 Å². The van der Waals surface area contributed by atoms with Gasteiger partial charge in [0.05, 0.1) is 6.04 Å². The van der Waals surface area contributed by atoms with E-state index in [0.29, 0.717) is 11.3 Å². The molecule has 1 N–H and O–H groups in total. The van der Waals surface area contributed by atoms with Crippen LogP contribution in [0.1, 0.15) is 28.4 Å². The molecule has 130 valence electrons. The maximum Gasteiger partial charge on any atom is 0.251 e. The summed E-state index contributed by atoms with van der Waals surface area (Å²) in [6, 6.07) is 25.2. The van der Waals surface area contributed by atoms with E-state index in [1.54, 1.807) is 6.07 Å². The molecular formula is C22H19NO2S. The van der Waals surface area contributed by atoms with Crippen molar-refractivity contribution in [1.29, 1.82) is 0 Å². The molecule has 0 radical (unpaired) electrons. The van der Waals surface area contributed by atoms with Crippen LogP contribution < -0.4 is 10.1 Å². The van der Waals surface area contributed by atoms with Crippen LogP contribution in [0.4, 0.5) is 0 Å². The number of hydrogen-bond donors (Lipinski definition) is 1. The zero-order valence-corrected chi connectivity index (χ0v) is 15.0. The van der Waals surface area contributed by atoms with Crippen LogP contribution in [0.25, 0.3) is 0 Å². The fraction of sp³-hybridized carbons (Fsp3) is 0.136. The Morgan fingerprint density at radius 3 is 2.58 bits per heavy atom. The Bertz CT molecular complexity index is 911. The summed E-state index contributed by atoms with van der Waals surface area (Å²) in [6.07, 6.45) is 0.938. The fourth-order valence-electron chi connectivity index (χ4n) is 3.06. The Morgan fingerprint density at radius 1 is 0.923 bits per heavy atom. The topological polar surface area (TPSA) is 38.3 Å². The van der Waals surface area contributed by atoms with Crippen LogP contribution in [0.15, 0.2) is 83.8 Å². The van der Waals surface area contributed by atoms with Crippen LogP contribution in [0.3, 0.4) is 0 Å². The molecule has 1 unspecified atom stereocenters. The van der Waals surface area contributed by atoms with Crippen molar-refractivity contribution >= 4 is 17.7 Å². The molecule has 4 rings (SSSR count). The Hall–Kier alpha value is -2.72. The van der Waals surface area contributed by atoms with E-state index in [-0.39, 0.29) is 11.9 Å². The van der Waals surface area contributed by atoms with Gasteiger partial charge in [0.15, 0.2) is 0 Å². The molecule has 1 heterocycles. The summed E-state index contributed by atoms with van der Waals surface area (Å²) in [6.45, 7) is 0. The Morgan fingerprint density at radius 2 is 1.69 bits per heavy atom. The van der Waals surface area contributed by atoms with Crippen molar-refractivity contribution in [2.45, 2.75) is 17.4 Å². The largest absolute Gasteiger partial charge is 0.457 e. The second-order valence-electron chi connectivity index (χ2n) is 6.14. The molecule has 0 saturated heterocycles. The van der Waals surface area contributed by atoms with Crippen LogP contribution >= 0.6 is 11.8 Å². The molecule has 0 aliphatic carbocycles. The number of amides is 1. The maximum absolute atomic E-state index is 12.8. The van der Waals surface area contributed by atoms with E-state index in [1.807, 2.05) is 72.4 Å². The van der Waals surface area contributed by atoms with Crippen LogP contribution in [-0.4, -0.2) is 11.7 Å². The lowest BCUT2D eigenvalue weighted by atomic mass is 10.0. The van der Waals surface area contributed by atoms with Gasteiger partial charge in [0, 0.05) is 16.2 Å². The summed E-state index contributed by atoms with van der Waals surface area (Å²) in [5.74, 6) is 2.35. The fourth-order valence-corrected chi connectivity index (χ4v) is 4.18. The van der Waals surface area contributed by atoms with E-state index in [2.05, 4.69) is 17.4 Å². The number of rotatable bonds is 4. The summed E-state index contributed by atoms with van der Waals surface area (Å²) in [7, 11) is 0. The SMILES string of the molecule is O=C(NC1CCSc2ccccc21)c1cccc(Oc2ccccc2)c1. The Kier molecular flexibility index (Phi) is 4.93. The molecular weight excluding hydrogens is 342 g/mol. The van der Waals surface area contributed by atoms with Crippen LogP contribution in [0.5, 0.6) is 11.5 Å². The maximum atomic E-state index is 12.8. The van der Waals surface area contributed by atoms with Crippen molar-refractivity contribution in [2.24, 2.45) is 0 Å². The van der Waals surface area contributed by atoms with E-state index in [0.717, 1.165) is 17.9 Å². The summed E-state index contributed by atoms with van der Waals surface area (Å²) >= 11 is 1.85. The van der Waals surface area contributed by atoms with Crippen LogP contribution in [-0.2, 0) is 0 Å². The lowest BCUT2D eigenvalue weighted by Crippen LogP contribution is -2.30. The normalized spacial score (nSPS) is 15.8. The molecule has 0 saturated carbocycles. The number of hydrogen-bond acceptors (Lipinski definition) is 3. The summed E-state index contributed by atoms with van der Waals surface area (Å²) in [5.41, 5.74) is 1.81. The Labute approximate surface area is 157 Å². The average molecular weight is 361 g/mol. The standard InChI is InChI=1S/C22H19NO2S/c24-22(23-20-13-14-26-21-12-5-4-11-19(20)21)16-7-6-10-18(15-16)25-17-8-2-1-3-9-17/h1-12,15,20H,13-14H2,(H,23,24). The molecule has 3 aromatic rings. The summed E-state index contributed by atoms with van der Waals surface area (Å²) in [5, 5.41) is 3.17. The number of thioether (sulfide) groups is 1. The van der Waals surface area contributed by atoms with Crippen molar-refractivity contribution < 1.29 is 9.53 Å². The summed E-state index contributed by atoms with van der Waals surface area (Å²) < 4.78 is 5.83. The predicted molar refractivity (Wildman–Crippen MR) is 105 cm³/mol. The number of fused-ring (bicyclic) bond motifs is 1. The second-order valence-corrected chi connectivity index (χ2v) is 7.28. The highest BCUT2D eigenvalue weighted by atomic mass is 32.2. The molecule has 1 aliphatic rings. The predicted octanol–water partition coefficient (Wildman–Crippen LogP) is 5.45. The van der Waals surface area contributed by atoms with Crippen molar-refractivity contribution in [3.63, 3.8) is 0 Å². The van der Waals surface area contributed by atoms with Crippen molar-refractivity contribution in [3.8, 4) is 11.5 Å². The molecule has 0 spiro atoms. The highest BCUT2D eigenvalue weighted by molar-refractivity contribution is 7.99. The van der Waals surface area contributed by atoms with Gasteiger partial charge in [-0.1, -0.05) is 42.5 Å². The molecule has 0 fully saturated rings. The molecule has 0 bridgehead atoms. The minimum absolute atomic E-state index is 0.0543. The van der Waals surface area contributed by atoms with Crippen LogP contribution in [0, 0.1) is 0 Å². The molecule has 0 aromatic heterocycles. The molecule has 4 heteroatoms. The molecule has 3 nitrogen and oxygen atoms in total. The van der Waals surface area contributed by atoms with E-state index in [4.69, 9.17) is 4.74 Å². The molecule has 1 atom stereocenters. The first kappa shape index (κ1) is 16.7. The minimum Gasteiger partial charge on any atom is -0.457 e. The number of benzene rings is 3. The van der Waals surface area contributed by atoms with E-state index >= 15 is 0 Å². The van der Waals surface area contributed by atoms with Gasteiger partial charge >= 0.3 is 0 Å². The van der Waals surface area contributed by atoms with Gasteiger partial charge in [-0.05, 0) is 48.4 Å². The zero-order valence-electron chi connectivity index (χ0n) is 14.2. The molecule has 26 heavy (non-hydrogen) atoms. The quantitative estimate of drug-likeness (QED) is 0.672. The highest BCUT2D eigenvalue weighted by Crippen LogP contribution is 2.36. The number of nitrogens with one attached hydrogen (secondary N) is 1. The average Bonchev–Trinajstić information content (AvgIpc) is 2.69. The van der Waals surface area contributed by atoms with Gasteiger partial charge in [-0.25, -0.2) is 0 Å². The van der Waals surface area contributed by atoms with Crippen molar-refractivity contribution in [1.82, 2.24) is 5.32 Å². The van der Waals surface area contributed by atoms with Gasteiger partial charge in [-0.3, -0.25) is 4.79 Å². The lowest BCUT2D eigenvalue weighted by molar-refractivity contribution is 0.0934. The number of ether oxygens (including phenoxy) is 1. The Balaban J connectivity index is 1.50. The van der Waals surface area contributed by atoms with E-state index < -0.39 is 0 Å². The smallest absolute Gasteiger partial charge is 0.251 e. The summed E-state index contributed by atoms with van der Waals surface area (Å²) in [4.78, 5) is 14.0. The number of para-hydroxylation sites is 1. The van der Waals surface area contributed by atoms with Crippen LogP contribution in [0.2, 0.25) is 0 Å². The first-order chi connectivity index (χ1) is 12.8. The monoisotopic (exact) mass is 361 g/mol. The van der Waals surface area contributed by atoms with Gasteiger partial charge < -0.3 is 10.1 Å². The number of carbonyl (C=O) groups is 1. The first-order valence-electron chi connectivity index (χ1n) is 8.65. The van der Waals surface area contributed by atoms with E-state index in [1.165, 1.54) is 10.5 Å². The first-order valence-corrected chi connectivity index (χ1v) is 9.64. The molecule has 1 aliphatic heterocycles. The zero-order chi connectivity index (χ0) is 17.8. The molecule has 3 aromatic carbocycles. The lowest BCUT2D eigenvalue weighted by Gasteiger charge is -2.26. The van der Waals surface area contributed by atoms with Crippen molar-refractivity contribution in [3.05, 3.63) is 90.0 Å².